The minimum Gasteiger partial charge on any atom is -0.366 e. The number of hydrogen-bond donors (Lipinski definition) is 2. The second kappa shape index (κ2) is 4.80. The first kappa shape index (κ1) is 12.4. The van der Waals surface area contributed by atoms with Crippen molar-refractivity contribution in [1.29, 1.82) is 0 Å². The van der Waals surface area contributed by atoms with Gasteiger partial charge in [0.1, 0.15) is 5.52 Å². The Balaban J connectivity index is 2.08. The molecule has 2 aromatic heterocycles. The SMILES string of the molecule is CCCc1cc(-c2nc3c(C(N)=O)cccc3[nH]2)on1. The summed E-state index contributed by atoms with van der Waals surface area (Å²) < 4.78 is 5.27. The molecule has 0 radical (unpaired) electrons. The number of carbonyl (C=O) groups excluding carboxylic acids is 1. The normalized spacial score (nSPS) is 11.1. The van der Waals surface area contributed by atoms with Crippen LogP contribution in [0.1, 0.15) is 29.4 Å². The van der Waals surface area contributed by atoms with Crippen molar-refractivity contribution in [3.63, 3.8) is 0 Å². The van der Waals surface area contributed by atoms with Crippen LogP contribution in [0.3, 0.4) is 0 Å². The number of H-pyrrole nitrogens is 1. The number of carbonyl (C=O) groups is 1. The zero-order valence-electron chi connectivity index (χ0n) is 11.0. The van der Waals surface area contributed by atoms with E-state index in [0.29, 0.717) is 22.7 Å². The third-order valence-electron chi connectivity index (χ3n) is 3.08. The summed E-state index contributed by atoms with van der Waals surface area (Å²) in [6.07, 6.45) is 1.86. The molecule has 0 aliphatic heterocycles. The molecule has 6 heteroatoms. The molecule has 0 unspecified atom stereocenters. The van der Waals surface area contributed by atoms with E-state index in [1.54, 1.807) is 12.1 Å². The van der Waals surface area contributed by atoms with Gasteiger partial charge >= 0.3 is 0 Å². The smallest absolute Gasteiger partial charge is 0.250 e. The number of aromatic amines is 1. The van der Waals surface area contributed by atoms with Gasteiger partial charge in [-0.1, -0.05) is 24.6 Å². The van der Waals surface area contributed by atoms with Crippen LogP contribution < -0.4 is 5.73 Å². The fourth-order valence-electron chi connectivity index (χ4n) is 2.15. The van der Waals surface area contributed by atoms with Gasteiger partial charge in [0.2, 0.25) is 5.76 Å². The van der Waals surface area contributed by atoms with Crippen molar-refractivity contribution in [3.05, 3.63) is 35.5 Å². The maximum absolute atomic E-state index is 11.4. The third kappa shape index (κ3) is 2.05. The predicted molar refractivity (Wildman–Crippen MR) is 74.1 cm³/mol. The highest BCUT2D eigenvalue weighted by molar-refractivity contribution is 6.04. The van der Waals surface area contributed by atoms with E-state index < -0.39 is 5.91 Å². The fraction of sp³-hybridized carbons (Fsp3) is 0.214. The van der Waals surface area contributed by atoms with Gasteiger partial charge in [0.15, 0.2) is 5.82 Å². The molecule has 6 nitrogen and oxygen atoms in total. The molecule has 0 aliphatic rings. The highest BCUT2D eigenvalue weighted by atomic mass is 16.5. The lowest BCUT2D eigenvalue weighted by Gasteiger charge is -1.94. The van der Waals surface area contributed by atoms with E-state index in [-0.39, 0.29) is 0 Å². The summed E-state index contributed by atoms with van der Waals surface area (Å²) in [5.41, 5.74) is 7.90. The average molecular weight is 270 g/mol. The van der Waals surface area contributed by atoms with E-state index >= 15 is 0 Å². The number of nitrogens with zero attached hydrogens (tertiary/aromatic N) is 2. The molecule has 3 aromatic rings. The fourth-order valence-corrected chi connectivity index (χ4v) is 2.15. The molecule has 2 heterocycles. The van der Waals surface area contributed by atoms with Crippen molar-refractivity contribution in [2.24, 2.45) is 5.73 Å². The van der Waals surface area contributed by atoms with E-state index in [0.717, 1.165) is 24.1 Å². The van der Waals surface area contributed by atoms with Crippen molar-refractivity contribution in [2.75, 3.05) is 0 Å². The van der Waals surface area contributed by atoms with Gasteiger partial charge in [0, 0.05) is 6.07 Å². The molecule has 3 N–H and O–H groups in total. The Hall–Kier alpha value is -2.63. The summed E-state index contributed by atoms with van der Waals surface area (Å²) in [7, 11) is 0. The monoisotopic (exact) mass is 270 g/mol. The number of primary amides is 1. The number of imidazole rings is 1. The number of rotatable bonds is 4. The van der Waals surface area contributed by atoms with E-state index in [9.17, 15) is 4.79 Å². The van der Waals surface area contributed by atoms with E-state index in [2.05, 4.69) is 22.0 Å². The minimum absolute atomic E-state index is 0.387. The molecular weight excluding hydrogens is 256 g/mol. The van der Waals surface area contributed by atoms with Gasteiger partial charge in [0.05, 0.1) is 16.8 Å². The zero-order valence-corrected chi connectivity index (χ0v) is 11.0. The number of para-hydroxylation sites is 1. The second-order valence-corrected chi connectivity index (χ2v) is 4.58. The van der Waals surface area contributed by atoms with Gasteiger partial charge < -0.3 is 15.2 Å². The molecule has 102 valence electrons. The Labute approximate surface area is 115 Å². The molecule has 0 saturated carbocycles. The van der Waals surface area contributed by atoms with Gasteiger partial charge in [-0.15, -0.1) is 0 Å². The van der Waals surface area contributed by atoms with E-state index in [1.165, 1.54) is 0 Å². The van der Waals surface area contributed by atoms with Crippen LogP contribution in [-0.2, 0) is 6.42 Å². The summed E-state index contributed by atoms with van der Waals surface area (Å²) in [4.78, 5) is 18.9. The van der Waals surface area contributed by atoms with Crippen molar-refractivity contribution in [3.8, 4) is 11.6 Å². The summed E-state index contributed by atoms with van der Waals surface area (Å²) in [6, 6.07) is 7.10. The molecule has 20 heavy (non-hydrogen) atoms. The molecular formula is C14H14N4O2. The van der Waals surface area contributed by atoms with E-state index in [4.69, 9.17) is 10.3 Å². The summed E-state index contributed by atoms with van der Waals surface area (Å²) in [5, 5.41) is 3.98. The Kier molecular flexibility index (Phi) is 2.98. The van der Waals surface area contributed by atoms with Crippen LogP contribution in [-0.4, -0.2) is 21.0 Å². The largest absolute Gasteiger partial charge is 0.366 e. The molecule has 1 amide bonds. The highest BCUT2D eigenvalue weighted by Gasteiger charge is 2.14. The minimum atomic E-state index is -0.502. The molecule has 3 rings (SSSR count). The second-order valence-electron chi connectivity index (χ2n) is 4.58. The molecule has 0 fully saturated rings. The Morgan fingerprint density at radius 1 is 1.45 bits per heavy atom. The standard InChI is InChI=1S/C14H14N4O2/c1-2-4-8-7-11(20-18-8)14-16-10-6-3-5-9(13(15)19)12(10)17-14/h3,5-7H,2,4H2,1H3,(H2,15,19)(H,16,17). The molecule has 1 aromatic carbocycles. The van der Waals surface area contributed by atoms with Gasteiger partial charge in [-0.25, -0.2) is 4.98 Å². The van der Waals surface area contributed by atoms with Crippen LogP contribution in [0.15, 0.2) is 28.8 Å². The number of fused-ring (bicyclic) bond motifs is 1. The van der Waals surface area contributed by atoms with Crippen molar-refractivity contribution in [1.82, 2.24) is 15.1 Å². The van der Waals surface area contributed by atoms with Gasteiger partial charge in [0.25, 0.3) is 5.91 Å². The molecule has 0 spiro atoms. The van der Waals surface area contributed by atoms with Crippen LogP contribution in [0.4, 0.5) is 0 Å². The summed E-state index contributed by atoms with van der Waals surface area (Å²) in [6.45, 7) is 2.08. The Bertz CT molecular complexity index is 772. The highest BCUT2D eigenvalue weighted by Crippen LogP contribution is 2.23. The Morgan fingerprint density at radius 3 is 3.05 bits per heavy atom. The van der Waals surface area contributed by atoms with Crippen LogP contribution in [0.25, 0.3) is 22.6 Å². The van der Waals surface area contributed by atoms with Gasteiger partial charge in [-0.3, -0.25) is 4.79 Å². The molecule has 0 aliphatic carbocycles. The van der Waals surface area contributed by atoms with Crippen LogP contribution >= 0.6 is 0 Å². The van der Waals surface area contributed by atoms with Crippen LogP contribution in [0.2, 0.25) is 0 Å². The maximum atomic E-state index is 11.4. The van der Waals surface area contributed by atoms with Crippen molar-refractivity contribution < 1.29 is 9.32 Å². The average Bonchev–Trinajstić information content (AvgIpc) is 3.03. The van der Waals surface area contributed by atoms with Crippen LogP contribution in [0.5, 0.6) is 0 Å². The molecule has 0 bridgehead atoms. The van der Waals surface area contributed by atoms with E-state index in [1.807, 2.05) is 12.1 Å². The topological polar surface area (TPSA) is 97.8 Å². The number of nitrogens with two attached hydrogens (primary N) is 1. The first-order valence-corrected chi connectivity index (χ1v) is 6.43. The van der Waals surface area contributed by atoms with Crippen LogP contribution in [0, 0.1) is 0 Å². The first-order chi connectivity index (χ1) is 9.69. The van der Waals surface area contributed by atoms with Crippen molar-refractivity contribution >= 4 is 16.9 Å². The molecule has 0 saturated heterocycles. The lowest BCUT2D eigenvalue weighted by Crippen LogP contribution is -2.11. The molecule has 0 atom stereocenters. The number of aromatic nitrogens is 3. The predicted octanol–water partition coefficient (Wildman–Crippen LogP) is 2.27. The quantitative estimate of drug-likeness (QED) is 0.759. The lowest BCUT2D eigenvalue weighted by atomic mass is 10.2. The summed E-state index contributed by atoms with van der Waals surface area (Å²) >= 11 is 0. The zero-order chi connectivity index (χ0) is 14.1. The number of nitrogens with one attached hydrogen (secondary N) is 1. The Morgan fingerprint density at radius 2 is 2.30 bits per heavy atom. The van der Waals surface area contributed by atoms with Crippen molar-refractivity contribution in [2.45, 2.75) is 19.8 Å². The third-order valence-corrected chi connectivity index (χ3v) is 3.08. The lowest BCUT2D eigenvalue weighted by molar-refractivity contribution is 0.100. The van der Waals surface area contributed by atoms with Gasteiger partial charge in [-0.2, -0.15) is 0 Å². The number of hydrogen-bond acceptors (Lipinski definition) is 4. The summed E-state index contributed by atoms with van der Waals surface area (Å²) in [5.74, 6) is 0.599. The number of benzene rings is 1. The maximum Gasteiger partial charge on any atom is 0.250 e. The first-order valence-electron chi connectivity index (χ1n) is 6.43. The number of aryl methyl sites for hydroxylation is 1. The van der Waals surface area contributed by atoms with Gasteiger partial charge in [-0.05, 0) is 18.6 Å². The number of amides is 1.